The first-order valence-electron chi connectivity index (χ1n) is 8.78. The minimum Gasteiger partial charge on any atom is -0.472 e. The lowest BCUT2D eigenvalue weighted by molar-refractivity contribution is -0.139. The molecule has 1 aromatic carbocycles. The lowest BCUT2D eigenvalue weighted by atomic mass is 10.1. The van der Waals surface area contributed by atoms with Crippen LogP contribution in [-0.2, 0) is 16.1 Å². The largest absolute Gasteiger partial charge is 0.472 e. The third-order valence-electron chi connectivity index (χ3n) is 4.44. The van der Waals surface area contributed by atoms with Crippen molar-refractivity contribution in [1.82, 2.24) is 15.5 Å². The van der Waals surface area contributed by atoms with Crippen LogP contribution in [0.25, 0.3) is 0 Å². The zero-order valence-corrected chi connectivity index (χ0v) is 15.6. The Labute approximate surface area is 161 Å². The van der Waals surface area contributed by atoms with Crippen molar-refractivity contribution in [3.8, 4) is 0 Å². The number of nitrogens with zero attached hydrogens (tertiary/aromatic N) is 1. The van der Waals surface area contributed by atoms with Crippen molar-refractivity contribution < 1.29 is 18.4 Å². The average Bonchev–Trinajstić information content (AvgIpc) is 3.22. The molecule has 1 aliphatic rings. The lowest BCUT2D eigenvalue weighted by Gasteiger charge is -2.33. The highest BCUT2D eigenvalue weighted by Crippen LogP contribution is 2.24. The quantitative estimate of drug-likeness (QED) is 0.737. The third-order valence-corrected chi connectivity index (χ3v) is 5.39. The zero-order valence-electron chi connectivity index (χ0n) is 14.8. The molecule has 2 heterocycles. The molecule has 27 heavy (non-hydrogen) atoms. The number of amides is 2. The van der Waals surface area contributed by atoms with E-state index in [1.165, 1.54) is 12.1 Å². The maximum Gasteiger partial charge on any atom is 0.309 e. The fourth-order valence-corrected chi connectivity index (χ4v) is 3.88. The van der Waals surface area contributed by atoms with Crippen molar-refractivity contribution in [2.75, 3.05) is 31.1 Å². The fourth-order valence-electron chi connectivity index (χ4n) is 2.95. The number of furan rings is 1. The molecule has 2 N–H and O–H groups in total. The molecule has 3 rings (SSSR count). The summed E-state index contributed by atoms with van der Waals surface area (Å²) in [5, 5.41) is 5.26. The molecular weight excluding hydrogens is 369 g/mol. The summed E-state index contributed by atoms with van der Waals surface area (Å²) in [7, 11) is 0. The van der Waals surface area contributed by atoms with Crippen LogP contribution in [-0.4, -0.2) is 47.9 Å². The van der Waals surface area contributed by atoms with E-state index < -0.39 is 11.8 Å². The number of carbonyl (C=O) groups is 2. The summed E-state index contributed by atoms with van der Waals surface area (Å²) in [5.41, 5.74) is 1.70. The van der Waals surface area contributed by atoms with Gasteiger partial charge < -0.3 is 15.1 Å². The van der Waals surface area contributed by atoms with E-state index in [4.69, 9.17) is 4.42 Å². The molecule has 0 unspecified atom stereocenters. The molecule has 144 valence electrons. The van der Waals surface area contributed by atoms with E-state index in [0.29, 0.717) is 6.54 Å². The standard InChI is InChI=1S/C19H22FN3O3S/c20-16-3-1-14(2-4-16)11-21-18(24)19(25)22-12-17(15-5-8-26-13-15)23-6-9-27-10-7-23/h1-5,8,13,17H,6-7,9-12H2,(H,21,24)(H,22,25)/t17-/m1/s1. The van der Waals surface area contributed by atoms with Crippen molar-refractivity contribution in [1.29, 1.82) is 0 Å². The lowest BCUT2D eigenvalue weighted by Crippen LogP contribution is -2.45. The zero-order chi connectivity index (χ0) is 19.1. The van der Waals surface area contributed by atoms with Gasteiger partial charge in [-0.05, 0) is 23.8 Å². The van der Waals surface area contributed by atoms with E-state index in [1.807, 2.05) is 17.8 Å². The van der Waals surface area contributed by atoms with Crippen LogP contribution in [0.5, 0.6) is 0 Å². The van der Waals surface area contributed by atoms with Crippen LogP contribution in [0.2, 0.25) is 0 Å². The van der Waals surface area contributed by atoms with E-state index in [1.54, 1.807) is 24.7 Å². The molecule has 1 fully saturated rings. The molecule has 0 bridgehead atoms. The average molecular weight is 391 g/mol. The number of nitrogens with one attached hydrogen (secondary N) is 2. The van der Waals surface area contributed by atoms with Crippen LogP contribution >= 0.6 is 11.8 Å². The second-order valence-corrected chi connectivity index (χ2v) is 7.46. The molecule has 6 nitrogen and oxygen atoms in total. The van der Waals surface area contributed by atoms with Gasteiger partial charge in [0.25, 0.3) is 0 Å². The van der Waals surface area contributed by atoms with E-state index >= 15 is 0 Å². The number of rotatable bonds is 6. The van der Waals surface area contributed by atoms with Gasteiger partial charge in [-0.3, -0.25) is 14.5 Å². The third kappa shape index (κ3) is 5.58. The van der Waals surface area contributed by atoms with Gasteiger partial charge in [0.2, 0.25) is 0 Å². The highest BCUT2D eigenvalue weighted by atomic mass is 32.2. The molecule has 8 heteroatoms. The summed E-state index contributed by atoms with van der Waals surface area (Å²) >= 11 is 1.91. The summed E-state index contributed by atoms with van der Waals surface area (Å²) in [6.45, 7) is 2.34. The van der Waals surface area contributed by atoms with Gasteiger partial charge in [0, 0.05) is 43.2 Å². The summed E-state index contributed by atoms with van der Waals surface area (Å²) < 4.78 is 18.1. The molecule has 1 aliphatic heterocycles. The molecule has 2 aromatic rings. The van der Waals surface area contributed by atoms with Crippen molar-refractivity contribution >= 4 is 23.6 Å². The number of halogens is 1. The summed E-state index contributed by atoms with van der Waals surface area (Å²) in [4.78, 5) is 26.5. The van der Waals surface area contributed by atoms with Crippen molar-refractivity contribution in [2.24, 2.45) is 0 Å². The molecule has 0 saturated carbocycles. The Balaban J connectivity index is 1.52. The first-order valence-corrected chi connectivity index (χ1v) is 9.93. The second kappa shape index (κ2) is 9.57. The Morgan fingerprint density at radius 3 is 2.48 bits per heavy atom. The minimum absolute atomic E-state index is 0.0292. The van der Waals surface area contributed by atoms with Crippen LogP contribution in [0.4, 0.5) is 4.39 Å². The fraction of sp³-hybridized carbons (Fsp3) is 0.368. The molecule has 1 atom stereocenters. The summed E-state index contributed by atoms with van der Waals surface area (Å²) in [6.07, 6.45) is 3.28. The second-order valence-electron chi connectivity index (χ2n) is 6.24. The predicted octanol–water partition coefficient (Wildman–Crippen LogP) is 1.94. The molecule has 2 amide bonds. The molecule has 0 radical (unpaired) electrons. The first kappa shape index (κ1) is 19.4. The van der Waals surface area contributed by atoms with Crippen LogP contribution < -0.4 is 10.6 Å². The highest BCUT2D eigenvalue weighted by Gasteiger charge is 2.25. The van der Waals surface area contributed by atoms with Gasteiger partial charge in [0.15, 0.2) is 0 Å². The molecule has 1 saturated heterocycles. The smallest absolute Gasteiger partial charge is 0.309 e. The van der Waals surface area contributed by atoms with Crippen LogP contribution in [0.15, 0.2) is 47.3 Å². The Kier molecular flexibility index (Phi) is 6.89. The van der Waals surface area contributed by atoms with Crippen molar-refractivity contribution in [3.05, 3.63) is 59.8 Å². The van der Waals surface area contributed by atoms with Gasteiger partial charge in [-0.1, -0.05) is 12.1 Å². The van der Waals surface area contributed by atoms with Gasteiger partial charge in [-0.2, -0.15) is 11.8 Å². The normalized spacial score (nSPS) is 15.9. The van der Waals surface area contributed by atoms with Gasteiger partial charge in [0.1, 0.15) is 5.82 Å². The van der Waals surface area contributed by atoms with Gasteiger partial charge >= 0.3 is 11.8 Å². The topological polar surface area (TPSA) is 74.6 Å². The van der Waals surface area contributed by atoms with Gasteiger partial charge in [-0.15, -0.1) is 0 Å². The first-order chi connectivity index (χ1) is 13.1. The number of benzene rings is 1. The Morgan fingerprint density at radius 2 is 1.81 bits per heavy atom. The van der Waals surface area contributed by atoms with E-state index in [0.717, 1.165) is 35.7 Å². The van der Waals surface area contributed by atoms with Gasteiger partial charge in [-0.25, -0.2) is 4.39 Å². The molecule has 0 aliphatic carbocycles. The SMILES string of the molecule is O=C(NCc1ccc(F)cc1)C(=O)NC[C@H](c1ccoc1)N1CCSCC1. The Hall–Kier alpha value is -2.32. The molecule has 0 spiro atoms. The summed E-state index contributed by atoms with van der Waals surface area (Å²) in [6, 6.07) is 7.61. The minimum atomic E-state index is -0.709. The van der Waals surface area contributed by atoms with Crippen LogP contribution in [0.3, 0.4) is 0 Å². The van der Waals surface area contributed by atoms with Gasteiger partial charge in [0.05, 0.1) is 18.6 Å². The molecule has 1 aromatic heterocycles. The monoisotopic (exact) mass is 391 g/mol. The maximum absolute atomic E-state index is 12.9. The van der Waals surface area contributed by atoms with Crippen molar-refractivity contribution in [3.63, 3.8) is 0 Å². The van der Waals surface area contributed by atoms with Crippen LogP contribution in [0.1, 0.15) is 17.2 Å². The summed E-state index contributed by atoms with van der Waals surface area (Å²) in [5.74, 6) is 0.349. The number of thioether (sulfide) groups is 1. The highest BCUT2D eigenvalue weighted by molar-refractivity contribution is 7.99. The maximum atomic E-state index is 12.9. The van der Waals surface area contributed by atoms with E-state index in [9.17, 15) is 14.0 Å². The molecular formula is C19H22FN3O3S. The predicted molar refractivity (Wildman–Crippen MR) is 102 cm³/mol. The van der Waals surface area contributed by atoms with E-state index in [-0.39, 0.29) is 18.4 Å². The van der Waals surface area contributed by atoms with Crippen LogP contribution in [0, 0.1) is 5.82 Å². The number of carbonyl (C=O) groups excluding carboxylic acids is 2. The Bertz CT molecular complexity index is 746. The number of hydrogen-bond donors (Lipinski definition) is 2. The Morgan fingerprint density at radius 1 is 1.11 bits per heavy atom. The van der Waals surface area contributed by atoms with Crippen molar-refractivity contribution in [2.45, 2.75) is 12.6 Å². The van der Waals surface area contributed by atoms with E-state index in [2.05, 4.69) is 15.5 Å². The number of hydrogen-bond acceptors (Lipinski definition) is 5.